The highest BCUT2D eigenvalue weighted by molar-refractivity contribution is 7.11. The molecule has 0 amide bonds. The second kappa shape index (κ2) is 4.91. The summed E-state index contributed by atoms with van der Waals surface area (Å²) in [6.07, 6.45) is 4.15. The highest BCUT2D eigenvalue weighted by Crippen LogP contribution is 2.19. The molecule has 2 rings (SSSR count). The van der Waals surface area contributed by atoms with Crippen LogP contribution in [0, 0.1) is 0 Å². The van der Waals surface area contributed by atoms with Gasteiger partial charge < -0.3 is 5.73 Å². The van der Waals surface area contributed by atoms with Crippen molar-refractivity contribution in [3.63, 3.8) is 0 Å². The maximum absolute atomic E-state index is 5.59. The van der Waals surface area contributed by atoms with Gasteiger partial charge in [0.05, 0.1) is 0 Å². The van der Waals surface area contributed by atoms with Crippen LogP contribution in [0.2, 0.25) is 0 Å². The van der Waals surface area contributed by atoms with E-state index in [9.17, 15) is 0 Å². The third-order valence-electron chi connectivity index (χ3n) is 2.75. The van der Waals surface area contributed by atoms with Gasteiger partial charge in [-0.1, -0.05) is 6.42 Å². The average molecular weight is 210 g/mol. The Bertz CT molecular complexity index is 277. The fraction of sp³-hybridized carbons (Fsp3) is 0.636. The van der Waals surface area contributed by atoms with Crippen LogP contribution in [0.4, 0.5) is 0 Å². The number of piperidine rings is 1. The van der Waals surface area contributed by atoms with E-state index in [1.54, 1.807) is 0 Å². The summed E-state index contributed by atoms with van der Waals surface area (Å²) in [6.45, 7) is 4.36. The lowest BCUT2D eigenvalue weighted by atomic mass is 10.1. The van der Waals surface area contributed by atoms with Crippen molar-refractivity contribution in [1.82, 2.24) is 4.90 Å². The van der Waals surface area contributed by atoms with Gasteiger partial charge in [0, 0.05) is 22.8 Å². The predicted octanol–water partition coefficient (Wildman–Crippen LogP) is 2.19. The lowest BCUT2D eigenvalue weighted by molar-refractivity contribution is 0.222. The standard InChI is InChI=1S/C11H18N2S/c12-8-10-4-5-11(14-10)9-13-6-2-1-3-7-13/h4-5H,1-3,6-9,12H2. The van der Waals surface area contributed by atoms with E-state index in [0.717, 1.165) is 6.54 Å². The molecule has 1 fully saturated rings. The van der Waals surface area contributed by atoms with Crippen molar-refractivity contribution < 1.29 is 0 Å². The molecular weight excluding hydrogens is 192 g/mol. The molecule has 1 aromatic heterocycles. The number of hydrogen-bond acceptors (Lipinski definition) is 3. The molecule has 0 bridgehead atoms. The molecule has 2 heterocycles. The van der Waals surface area contributed by atoms with Gasteiger partial charge in [-0.2, -0.15) is 0 Å². The Kier molecular flexibility index (Phi) is 3.56. The van der Waals surface area contributed by atoms with Crippen molar-refractivity contribution in [2.75, 3.05) is 13.1 Å². The number of thiophene rings is 1. The van der Waals surface area contributed by atoms with Gasteiger partial charge >= 0.3 is 0 Å². The van der Waals surface area contributed by atoms with Gasteiger partial charge in [-0.3, -0.25) is 4.90 Å². The van der Waals surface area contributed by atoms with Crippen LogP contribution in [0.3, 0.4) is 0 Å². The fourth-order valence-electron chi connectivity index (χ4n) is 1.95. The summed E-state index contributed by atoms with van der Waals surface area (Å²) in [5.41, 5.74) is 5.59. The Labute approximate surface area is 89.7 Å². The molecule has 0 saturated carbocycles. The molecule has 1 aliphatic rings. The highest BCUT2D eigenvalue weighted by atomic mass is 32.1. The number of nitrogens with zero attached hydrogens (tertiary/aromatic N) is 1. The lowest BCUT2D eigenvalue weighted by Gasteiger charge is -2.25. The van der Waals surface area contributed by atoms with Gasteiger partial charge in [0.25, 0.3) is 0 Å². The Morgan fingerprint density at radius 1 is 1.14 bits per heavy atom. The lowest BCUT2D eigenvalue weighted by Crippen LogP contribution is -2.28. The third-order valence-corrected chi connectivity index (χ3v) is 3.84. The summed E-state index contributed by atoms with van der Waals surface area (Å²) >= 11 is 1.86. The second-order valence-electron chi connectivity index (χ2n) is 3.91. The van der Waals surface area contributed by atoms with Crippen LogP contribution in [-0.2, 0) is 13.1 Å². The zero-order valence-corrected chi connectivity index (χ0v) is 9.35. The van der Waals surface area contributed by atoms with Crippen LogP contribution in [0.25, 0.3) is 0 Å². The molecule has 0 unspecified atom stereocenters. The molecule has 14 heavy (non-hydrogen) atoms. The molecule has 1 aromatic rings. The van der Waals surface area contributed by atoms with E-state index >= 15 is 0 Å². The van der Waals surface area contributed by atoms with Crippen LogP contribution in [-0.4, -0.2) is 18.0 Å². The van der Waals surface area contributed by atoms with Crippen molar-refractivity contribution >= 4 is 11.3 Å². The Morgan fingerprint density at radius 3 is 2.50 bits per heavy atom. The maximum Gasteiger partial charge on any atom is 0.0328 e. The minimum atomic E-state index is 0.685. The SMILES string of the molecule is NCc1ccc(CN2CCCCC2)s1. The van der Waals surface area contributed by atoms with Gasteiger partial charge in [0.15, 0.2) is 0 Å². The van der Waals surface area contributed by atoms with Crippen LogP contribution in [0.15, 0.2) is 12.1 Å². The molecule has 3 heteroatoms. The molecule has 2 N–H and O–H groups in total. The average Bonchev–Trinajstić information content (AvgIpc) is 2.67. The zero-order chi connectivity index (χ0) is 9.80. The van der Waals surface area contributed by atoms with Gasteiger partial charge in [-0.15, -0.1) is 11.3 Å². The van der Waals surface area contributed by atoms with Gasteiger partial charge in [0.1, 0.15) is 0 Å². The summed E-state index contributed by atoms with van der Waals surface area (Å²) in [5, 5.41) is 0. The molecule has 0 atom stereocenters. The summed E-state index contributed by atoms with van der Waals surface area (Å²) < 4.78 is 0. The quantitative estimate of drug-likeness (QED) is 0.828. The van der Waals surface area contributed by atoms with Gasteiger partial charge in [-0.25, -0.2) is 0 Å². The normalized spacial score (nSPS) is 18.6. The Balaban J connectivity index is 1.89. The van der Waals surface area contributed by atoms with Gasteiger partial charge in [-0.05, 0) is 38.1 Å². The molecular formula is C11H18N2S. The van der Waals surface area contributed by atoms with Crippen molar-refractivity contribution in [1.29, 1.82) is 0 Å². The molecule has 0 aromatic carbocycles. The van der Waals surface area contributed by atoms with E-state index in [0.29, 0.717) is 6.54 Å². The third kappa shape index (κ3) is 2.56. The van der Waals surface area contributed by atoms with E-state index < -0.39 is 0 Å². The summed E-state index contributed by atoms with van der Waals surface area (Å²) in [7, 11) is 0. The fourth-order valence-corrected chi connectivity index (χ4v) is 2.89. The van der Waals surface area contributed by atoms with E-state index in [1.807, 2.05) is 11.3 Å². The molecule has 0 aliphatic carbocycles. The first-order valence-electron chi connectivity index (χ1n) is 5.38. The minimum Gasteiger partial charge on any atom is -0.326 e. The predicted molar refractivity (Wildman–Crippen MR) is 61.3 cm³/mol. The van der Waals surface area contributed by atoms with Crippen molar-refractivity contribution in [3.8, 4) is 0 Å². The van der Waals surface area contributed by atoms with Gasteiger partial charge in [0.2, 0.25) is 0 Å². The van der Waals surface area contributed by atoms with Crippen LogP contribution < -0.4 is 5.73 Å². The minimum absolute atomic E-state index is 0.685. The smallest absolute Gasteiger partial charge is 0.0328 e. The molecule has 1 aliphatic heterocycles. The van der Waals surface area contributed by atoms with Crippen LogP contribution >= 0.6 is 11.3 Å². The maximum atomic E-state index is 5.59. The largest absolute Gasteiger partial charge is 0.326 e. The molecule has 2 nitrogen and oxygen atoms in total. The van der Waals surface area contributed by atoms with E-state index in [4.69, 9.17) is 5.73 Å². The number of likely N-dealkylation sites (tertiary alicyclic amines) is 1. The summed E-state index contributed by atoms with van der Waals surface area (Å²) in [6, 6.07) is 4.38. The summed E-state index contributed by atoms with van der Waals surface area (Å²) in [5.74, 6) is 0. The number of hydrogen-bond donors (Lipinski definition) is 1. The number of rotatable bonds is 3. The first-order chi connectivity index (χ1) is 6.88. The first kappa shape index (κ1) is 10.1. The molecule has 0 radical (unpaired) electrons. The van der Waals surface area contributed by atoms with E-state index in [-0.39, 0.29) is 0 Å². The zero-order valence-electron chi connectivity index (χ0n) is 8.54. The van der Waals surface area contributed by atoms with E-state index in [2.05, 4.69) is 17.0 Å². The molecule has 0 spiro atoms. The number of nitrogens with two attached hydrogens (primary N) is 1. The van der Waals surface area contributed by atoms with Crippen molar-refractivity contribution in [2.45, 2.75) is 32.4 Å². The summed E-state index contributed by atoms with van der Waals surface area (Å²) in [4.78, 5) is 5.32. The Hall–Kier alpha value is -0.380. The van der Waals surface area contributed by atoms with Crippen molar-refractivity contribution in [3.05, 3.63) is 21.9 Å². The Morgan fingerprint density at radius 2 is 1.86 bits per heavy atom. The molecule has 1 saturated heterocycles. The second-order valence-corrected chi connectivity index (χ2v) is 5.16. The molecule has 78 valence electrons. The first-order valence-corrected chi connectivity index (χ1v) is 6.20. The topological polar surface area (TPSA) is 29.3 Å². The van der Waals surface area contributed by atoms with Crippen LogP contribution in [0.1, 0.15) is 29.0 Å². The highest BCUT2D eigenvalue weighted by Gasteiger charge is 2.11. The van der Waals surface area contributed by atoms with Crippen LogP contribution in [0.5, 0.6) is 0 Å². The van der Waals surface area contributed by atoms with E-state index in [1.165, 1.54) is 42.1 Å². The monoisotopic (exact) mass is 210 g/mol. The van der Waals surface area contributed by atoms with Crippen molar-refractivity contribution in [2.24, 2.45) is 5.73 Å².